The number of nitrogens with one attached hydrogen (secondary N) is 1. The first-order valence-corrected chi connectivity index (χ1v) is 6.98. The van der Waals surface area contributed by atoms with Gasteiger partial charge in [-0.1, -0.05) is 27.7 Å². The van der Waals surface area contributed by atoms with Gasteiger partial charge in [-0.25, -0.2) is 9.97 Å². The van der Waals surface area contributed by atoms with Crippen LogP contribution in [0.5, 0.6) is 0 Å². The molecule has 0 aliphatic carbocycles. The van der Waals surface area contributed by atoms with Gasteiger partial charge in [0, 0.05) is 12.5 Å². The second-order valence-corrected chi connectivity index (χ2v) is 5.20. The quantitative estimate of drug-likeness (QED) is 0.837. The van der Waals surface area contributed by atoms with Crippen molar-refractivity contribution in [3.8, 4) is 0 Å². The van der Waals surface area contributed by atoms with Crippen LogP contribution in [-0.4, -0.2) is 16.5 Å². The van der Waals surface area contributed by atoms with E-state index < -0.39 is 0 Å². The summed E-state index contributed by atoms with van der Waals surface area (Å²) in [5.41, 5.74) is 1.15. The molecule has 1 rings (SSSR count). The highest BCUT2D eigenvalue weighted by Gasteiger charge is 2.12. The lowest BCUT2D eigenvalue weighted by atomic mass is 10.2. The molecular formula is C12H20IN3. The molecule has 1 aromatic heterocycles. The first-order chi connectivity index (χ1) is 7.60. The monoisotopic (exact) mass is 333 g/mol. The third-order valence-corrected chi connectivity index (χ3v) is 3.46. The van der Waals surface area contributed by atoms with Gasteiger partial charge in [-0.05, 0) is 35.4 Å². The highest BCUT2D eigenvalue weighted by molar-refractivity contribution is 14.1. The molecule has 0 amide bonds. The van der Waals surface area contributed by atoms with Crippen molar-refractivity contribution in [2.75, 3.05) is 11.9 Å². The molecule has 0 saturated heterocycles. The molecule has 0 radical (unpaired) electrons. The lowest BCUT2D eigenvalue weighted by Crippen LogP contribution is -2.11. The average molecular weight is 333 g/mol. The Hall–Kier alpha value is -0.390. The van der Waals surface area contributed by atoms with E-state index in [1.165, 1.54) is 0 Å². The number of nitrogens with zero attached hydrogens (tertiary/aromatic N) is 2. The Bertz CT molecular complexity index is 350. The minimum Gasteiger partial charge on any atom is -0.369 e. The molecule has 4 heteroatoms. The van der Waals surface area contributed by atoms with Gasteiger partial charge in [0.15, 0.2) is 0 Å². The van der Waals surface area contributed by atoms with Gasteiger partial charge in [0.2, 0.25) is 0 Å². The molecule has 0 aromatic carbocycles. The number of aromatic nitrogens is 2. The van der Waals surface area contributed by atoms with Gasteiger partial charge in [-0.3, -0.25) is 0 Å². The molecule has 1 N–H and O–H groups in total. The Morgan fingerprint density at radius 3 is 2.44 bits per heavy atom. The second-order valence-electron chi connectivity index (χ2n) is 4.13. The molecule has 0 unspecified atom stereocenters. The second kappa shape index (κ2) is 6.37. The van der Waals surface area contributed by atoms with Crippen LogP contribution < -0.4 is 5.32 Å². The minimum atomic E-state index is 0.379. The molecule has 16 heavy (non-hydrogen) atoms. The van der Waals surface area contributed by atoms with Crippen LogP contribution in [0.1, 0.15) is 51.6 Å². The van der Waals surface area contributed by atoms with E-state index in [-0.39, 0.29) is 0 Å². The molecule has 0 aliphatic heterocycles. The summed E-state index contributed by atoms with van der Waals surface area (Å²) < 4.78 is 1.16. The van der Waals surface area contributed by atoms with Crippen LogP contribution in [0.3, 0.4) is 0 Å². The van der Waals surface area contributed by atoms with Crippen molar-refractivity contribution in [3.63, 3.8) is 0 Å². The molecule has 90 valence electrons. The highest BCUT2D eigenvalue weighted by Crippen LogP contribution is 2.22. The molecule has 0 bridgehead atoms. The van der Waals surface area contributed by atoms with Crippen LogP contribution in [0.2, 0.25) is 0 Å². The molecule has 3 nitrogen and oxygen atoms in total. The van der Waals surface area contributed by atoms with Gasteiger partial charge in [-0.15, -0.1) is 0 Å². The minimum absolute atomic E-state index is 0.379. The lowest BCUT2D eigenvalue weighted by molar-refractivity contribution is 0.755. The standard InChI is InChI=1S/C12H20IN3/c1-5-7-14-12-10(13)9(6-2)15-11(16-12)8(3)4/h8H,5-7H2,1-4H3,(H,14,15,16). The fourth-order valence-electron chi connectivity index (χ4n) is 1.37. The van der Waals surface area contributed by atoms with Gasteiger partial charge in [-0.2, -0.15) is 0 Å². The molecular weight excluding hydrogens is 313 g/mol. The third kappa shape index (κ3) is 3.30. The van der Waals surface area contributed by atoms with E-state index in [2.05, 4.69) is 65.6 Å². The lowest BCUT2D eigenvalue weighted by Gasteiger charge is -2.13. The Morgan fingerprint density at radius 2 is 1.94 bits per heavy atom. The van der Waals surface area contributed by atoms with Crippen LogP contribution in [0.15, 0.2) is 0 Å². The van der Waals surface area contributed by atoms with Gasteiger partial charge >= 0.3 is 0 Å². The summed E-state index contributed by atoms with van der Waals surface area (Å²) >= 11 is 2.33. The van der Waals surface area contributed by atoms with E-state index in [0.29, 0.717) is 5.92 Å². The highest BCUT2D eigenvalue weighted by atomic mass is 127. The molecule has 0 spiro atoms. The Kier molecular flexibility index (Phi) is 5.44. The Balaban J connectivity index is 3.08. The molecule has 0 aliphatic rings. The first kappa shape index (κ1) is 13.7. The summed E-state index contributed by atoms with van der Waals surface area (Å²) in [6.45, 7) is 9.52. The summed E-state index contributed by atoms with van der Waals surface area (Å²) in [6, 6.07) is 0. The fraction of sp³-hybridized carbons (Fsp3) is 0.667. The van der Waals surface area contributed by atoms with Crippen LogP contribution in [0.4, 0.5) is 5.82 Å². The first-order valence-electron chi connectivity index (χ1n) is 5.90. The van der Waals surface area contributed by atoms with Crippen molar-refractivity contribution in [1.82, 2.24) is 9.97 Å². The summed E-state index contributed by atoms with van der Waals surface area (Å²) in [4.78, 5) is 9.19. The van der Waals surface area contributed by atoms with Gasteiger partial charge < -0.3 is 5.32 Å². The molecule has 1 heterocycles. The zero-order chi connectivity index (χ0) is 12.1. The maximum Gasteiger partial charge on any atom is 0.143 e. The topological polar surface area (TPSA) is 37.8 Å². The number of aryl methyl sites for hydroxylation is 1. The fourth-order valence-corrected chi connectivity index (χ4v) is 2.18. The molecule has 0 fully saturated rings. The number of hydrogen-bond donors (Lipinski definition) is 1. The SMILES string of the molecule is CCCNc1nc(C(C)C)nc(CC)c1I. The molecule has 1 aromatic rings. The van der Waals surface area contributed by atoms with E-state index in [4.69, 9.17) is 0 Å². The Labute approximate surface area is 112 Å². The van der Waals surface area contributed by atoms with E-state index in [1.54, 1.807) is 0 Å². The molecule has 0 atom stereocenters. The number of hydrogen-bond acceptors (Lipinski definition) is 3. The van der Waals surface area contributed by atoms with Crippen molar-refractivity contribution >= 4 is 28.4 Å². The van der Waals surface area contributed by atoms with Crippen LogP contribution in [0.25, 0.3) is 0 Å². The van der Waals surface area contributed by atoms with Crippen molar-refractivity contribution in [3.05, 3.63) is 15.1 Å². The zero-order valence-electron chi connectivity index (χ0n) is 10.5. The predicted molar refractivity (Wildman–Crippen MR) is 77.0 cm³/mol. The third-order valence-electron chi connectivity index (χ3n) is 2.33. The summed E-state index contributed by atoms with van der Waals surface area (Å²) in [5, 5.41) is 3.37. The van der Waals surface area contributed by atoms with E-state index >= 15 is 0 Å². The number of halogens is 1. The molecule has 0 saturated carbocycles. The number of rotatable bonds is 5. The van der Waals surface area contributed by atoms with Crippen molar-refractivity contribution in [2.45, 2.75) is 46.5 Å². The van der Waals surface area contributed by atoms with Crippen molar-refractivity contribution < 1.29 is 0 Å². The largest absolute Gasteiger partial charge is 0.369 e. The predicted octanol–water partition coefficient (Wildman–Crippen LogP) is 3.59. The van der Waals surface area contributed by atoms with E-state index in [0.717, 1.165) is 40.3 Å². The van der Waals surface area contributed by atoms with E-state index in [9.17, 15) is 0 Å². The van der Waals surface area contributed by atoms with Crippen LogP contribution in [-0.2, 0) is 6.42 Å². The average Bonchev–Trinajstić information content (AvgIpc) is 2.27. The van der Waals surface area contributed by atoms with Gasteiger partial charge in [0.25, 0.3) is 0 Å². The zero-order valence-corrected chi connectivity index (χ0v) is 12.6. The van der Waals surface area contributed by atoms with Crippen molar-refractivity contribution in [2.24, 2.45) is 0 Å². The van der Waals surface area contributed by atoms with Crippen molar-refractivity contribution in [1.29, 1.82) is 0 Å². The van der Waals surface area contributed by atoms with Crippen LogP contribution in [0, 0.1) is 3.57 Å². The maximum absolute atomic E-state index is 4.60. The summed E-state index contributed by atoms with van der Waals surface area (Å²) in [5.74, 6) is 2.32. The van der Waals surface area contributed by atoms with Crippen LogP contribution >= 0.6 is 22.6 Å². The summed E-state index contributed by atoms with van der Waals surface area (Å²) in [6.07, 6.45) is 2.07. The smallest absolute Gasteiger partial charge is 0.143 e. The number of anilines is 1. The Morgan fingerprint density at radius 1 is 1.25 bits per heavy atom. The van der Waals surface area contributed by atoms with E-state index in [1.807, 2.05) is 0 Å². The van der Waals surface area contributed by atoms with Gasteiger partial charge in [0.1, 0.15) is 11.6 Å². The normalized spacial score (nSPS) is 10.9. The van der Waals surface area contributed by atoms with Gasteiger partial charge in [0.05, 0.1) is 9.26 Å². The maximum atomic E-state index is 4.60. The summed E-state index contributed by atoms with van der Waals surface area (Å²) in [7, 11) is 0.